The number of rotatable bonds is 3. The summed E-state index contributed by atoms with van der Waals surface area (Å²) in [6, 6.07) is 13.5. The molecule has 0 bridgehead atoms. The maximum Gasteiger partial charge on any atom is 0.265 e. The van der Waals surface area contributed by atoms with E-state index in [9.17, 15) is 8.42 Å². The highest BCUT2D eigenvalue weighted by molar-refractivity contribution is 7.92. The van der Waals surface area contributed by atoms with Crippen LogP contribution in [-0.2, 0) is 10.0 Å². The third-order valence-corrected chi connectivity index (χ3v) is 4.59. The molecule has 0 aliphatic carbocycles. The molecule has 0 radical (unpaired) electrons. The minimum Gasteiger partial charge on any atom is -0.323 e. The zero-order chi connectivity index (χ0) is 14.2. The van der Waals surface area contributed by atoms with Gasteiger partial charge in [0, 0.05) is 0 Å². The van der Waals surface area contributed by atoms with Crippen molar-refractivity contribution in [3.05, 3.63) is 53.6 Å². The van der Waals surface area contributed by atoms with Crippen LogP contribution >= 0.6 is 11.6 Å². The van der Waals surface area contributed by atoms with E-state index in [2.05, 4.69) is 14.7 Å². The Morgan fingerprint density at radius 1 is 1.05 bits per heavy atom. The van der Waals surface area contributed by atoms with Gasteiger partial charge in [0.15, 0.2) is 0 Å². The summed E-state index contributed by atoms with van der Waals surface area (Å²) >= 11 is 5.90. The number of sulfonamides is 1. The average molecular weight is 308 g/mol. The highest BCUT2D eigenvalue weighted by Crippen LogP contribution is 2.23. The van der Waals surface area contributed by atoms with Gasteiger partial charge in [0.2, 0.25) is 5.95 Å². The number of aromatic amines is 1. The normalized spacial score (nSPS) is 11.7. The minimum atomic E-state index is -3.77. The molecule has 0 fully saturated rings. The summed E-state index contributed by atoms with van der Waals surface area (Å²) in [4.78, 5) is 7.08. The van der Waals surface area contributed by atoms with Crippen molar-refractivity contribution in [1.82, 2.24) is 9.97 Å². The predicted octanol–water partition coefficient (Wildman–Crippen LogP) is 3.02. The molecule has 1 heterocycles. The SMILES string of the molecule is O=S(=O)(Nc1nc2ccccc2[nH]1)c1ccccc1Cl. The number of benzene rings is 2. The molecule has 0 unspecified atom stereocenters. The molecule has 0 saturated carbocycles. The van der Waals surface area contributed by atoms with E-state index in [-0.39, 0.29) is 15.9 Å². The molecule has 102 valence electrons. The van der Waals surface area contributed by atoms with Crippen LogP contribution < -0.4 is 4.72 Å². The number of nitrogens with one attached hydrogen (secondary N) is 2. The summed E-state index contributed by atoms with van der Waals surface area (Å²) < 4.78 is 26.9. The maximum atomic E-state index is 12.2. The number of H-pyrrole nitrogens is 1. The zero-order valence-corrected chi connectivity index (χ0v) is 11.7. The molecule has 2 N–H and O–H groups in total. The summed E-state index contributed by atoms with van der Waals surface area (Å²) in [5, 5.41) is 0.163. The first-order valence-electron chi connectivity index (χ1n) is 5.78. The molecule has 5 nitrogen and oxygen atoms in total. The third-order valence-electron chi connectivity index (χ3n) is 2.75. The van der Waals surface area contributed by atoms with E-state index in [4.69, 9.17) is 11.6 Å². The number of fused-ring (bicyclic) bond motifs is 1. The van der Waals surface area contributed by atoms with E-state index in [0.29, 0.717) is 5.52 Å². The molecule has 0 saturated heterocycles. The Labute approximate surface area is 120 Å². The van der Waals surface area contributed by atoms with Gasteiger partial charge in [-0.25, -0.2) is 18.1 Å². The number of anilines is 1. The van der Waals surface area contributed by atoms with Gasteiger partial charge in [-0.2, -0.15) is 0 Å². The molecule has 2 aromatic carbocycles. The van der Waals surface area contributed by atoms with Gasteiger partial charge >= 0.3 is 0 Å². The second kappa shape index (κ2) is 4.81. The molecule has 0 atom stereocenters. The molecular weight excluding hydrogens is 298 g/mol. The molecule has 0 amide bonds. The first-order valence-corrected chi connectivity index (χ1v) is 7.64. The van der Waals surface area contributed by atoms with Crippen molar-refractivity contribution in [3.8, 4) is 0 Å². The Balaban J connectivity index is 1.99. The fraction of sp³-hybridized carbons (Fsp3) is 0. The van der Waals surface area contributed by atoms with Crippen LogP contribution in [-0.4, -0.2) is 18.4 Å². The Bertz CT molecular complexity index is 841. The van der Waals surface area contributed by atoms with Gasteiger partial charge in [-0.3, -0.25) is 0 Å². The lowest BCUT2D eigenvalue weighted by molar-refractivity contribution is 0.601. The van der Waals surface area contributed by atoms with E-state index in [0.717, 1.165) is 5.52 Å². The van der Waals surface area contributed by atoms with Gasteiger partial charge in [-0.05, 0) is 24.3 Å². The van der Waals surface area contributed by atoms with Crippen LogP contribution in [0.15, 0.2) is 53.4 Å². The van der Waals surface area contributed by atoms with Crippen LogP contribution in [0.4, 0.5) is 5.95 Å². The molecule has 0 spiro atoms. The number of hydrogen-bond acceptors (Lipinski definition) is 3. The van der Waals surface area contributed by atoms with E-state index < -0.39 is 10.0 Å². The zero-order valence-electron chi connectivity index (χ0n) is 10.2. The fourth-order valence-corrected chi connectivity index (χ4v) is 3.33. The van der Waals surface area contributed by atoms with E-state index in [1.165, 1.54) is 12.1 Å². The highest BCUT2D eigenvalue weighted by Gasteiger charge is 2.18. The lowest BCUT2D eigenvalue weighted by atomic mass is 10.3. The second-order valence-electron chi connectivity index (χ2n) is 4.14. The van der Waals surface area contributed by atoms with E-state index >= 15 is 0 Å². The molecule has 7 heteroatoms. The van der Waals surface area contributed by atoms with Crippen LogP contribution in [0.25, 0.3) is 11.0 Å². The van der Waals surface area contributed by atoms with Gasteiger partial charge in [0.05, 0.1) is 16.1 Å². The Hall–Kier alpha value is -2.05. The largest absolute Gasteiger partial charge is 0.323 e. The van der Waals surface area contributed by atoms with Crippen molar-refractivity contribution >= 4 is 38.6 Å². The molecule has 0 aliphatic heterocycles. The lowest BCUT2D eigenvalue weighted by Gasteiger charge is -2.06. The number of aromatic nitrogens is 2. The van der Waals surface area contributed by atoms with Gasteiger partial charge in [-0.1, -0.05) is 35.9 Å². The van der Waals surface area contributed by atoms with Crippen LogP contribution in [0.3, 0.4) is 0 Å². The first-order chi connectivity index (χ1) is 9.56. The van der Waals surface area contributed by atoms with Crippen molar-refractivity contribution in [3.63, 3.8) is 0 Å². The van der Waals surface area contributed by atoms with Crippen LogP contribution in [0, 0.1) is 0 Å². The molecule has 0 aliphatic rings. The van der Waals surface area contributed by atoms with Gasteiger partial charge in [0.1, 0.15) is 4.90 Å². The van der Waals surface area contributed by atoms with Crippen molar-refractivity contribution in [2.45, 2.75) is 4.90 Å². The fourth-order valence-electron chi connectivity index (χ4n) is 1.85. The summed E-state index contributed by atoms with van der Waals surface area (Å²) in [7, 11) is -3.77. The molecule has 1 aromatic heterocycles. The molecule has 3 aromatic rings. The maximum absolute atomic E-state index is 12.2. The van der Waals surface area contributed by atoms with Crippen LogP contribution in [0.2, 0.25) is 5.02 Å². The quantitative estimate of drug-likeness (QED) is 0.781. The Kier molecular flexibility index (Phi) is 3.11. The number of nitrogens with zero attached hydrogens (tertiary/aromatic N) is 1. The Morgan fingerprint density at radius 3 is 2.50 bits per heavy atom. The molecular formula is C13H10ClN3O2S. The lowest BCUT2D eigenvalue weighted by Crippen LogP contribution is -2.14. The van der Waals surface area contributed by atoms with E-state index in [1.807, 2.05) is 18.2 Å². The highest BCUT2D eigenvalue weighted by atomic mass is 35.5. The number of hydrogen-bond donors (Lipinski definition) is 2. The topological polar surface area (TPSA) is 74.8 Å². The Morgan fingerprint density at radius 2 is 1.75 bits per heavy atom. The number of halogens is 1. The molecule has 3 rings (SSSR count). The number of imidazole rings is 1. The predicted molar refractivity (Wildman–Crippen MR) is 78.4 cm³/mol. The smallest absolute Gasteiger partial charge is 0.265 e. The molecule has 20 heavy (non-hydrogen) atoms. The van der Waals surface area contributed by atoms with Crippen molar-refractivity contribution in [2.24, 2.45) is 0 Å². The van der Waals surface area contributed by atoms with Gasteiger partial charge < -0.3 is 4.98 Å². The monoisotopic (exact) mass is 307 g/mol. The summed E-state index contributed by atoms with van der Waals surface area (Å²) in [6.45, 7) is 0. The van der Waals surface area contributed by atoms with Gasteiger partial charge in [0.25, 0.3) is 10.0 Å². The van der Waals surface area contributed by atoms with Crippen molar-refractivity contribution in [2.75, 3.05) is 4.72 Å². The third kappa shape index (κ3) is 2.35. The number of para-hydroxylation sites is 2. The van der Waals surface area contributed by atoms with Crippen LogP contribution in [0.1, 0.15) is 0 Å². The second-order valence-corrected chi connectivity index (χ2v) is 6.20. The standard InChI is InChI=1S/C13H10ClN3O2S/c14-9-5-1-4-8-12(9)20(18,19)17-13-15-10-6-2-3-7-11(10)16-13/h1-8H,(H2,15,16,17). The summed E-state index contributed by atoms with van der Waals surface area (Å²) in [5.74, 6) is 0.158. The van der Waals surface area contributed by atoms with Gasteiger partial charge in [-0.15, -0.1) is 0 Å². The van der Waals surface area contributed by atoms with E-state index in [1.54, 1.807) is 18.2 Å². The van der Waals surface area contributed by atoms with Crippen LogP contribution in [0.5, 0.6) is 0 Å². The van der Waals surface area contributed by atoms with Crippen molar-refractivity contribution < 1.29 is 8.42 Å². The summed E-state index contributed by atoms with van der Waals surface area (Å²) in [5.41, 5.74) is 1.44. The first kappa shape index (κ1) is 13.0. The minimum absolute atomic E-state index is 0.0159. The summed E-state index contributed by atoms with van der Waals surface area (Å²) in [6.07, 6.45) is 0. The van der Waals surface area contributed by atoms with Crippen molar-refractivity contribution in [1.29, 1.82) is 0 Å². The average Bonchev–Trinajstić information content (AvgIpc) is 2.80.